The van der Waals surface area contributed by atoms with E-state index < -0.39 is 28.5 Å². The van der Waals surface area contributed by atoms with Crippen molar-refractivity contribution >= 4 is 50.7 Å². The first-order valence-corrected chi connectivity index (χ1v) is 17.6. The summed E-state index contributed by atoms with van der Waals surface area (Å²) in [5.74, 6) is -0.238. The van der Waals surface area contributed by atoms with Crippen molar-refractivity contribution in [2.45, 2.75) is 82.8 Å². The van der Waals surface area contributed by atoms with Crippen molar-refractivity contribution < 1.29 is 22.7 Å². The Hall–Kier alpha value is -3.27. The van der Waals surface area contributed by atoms with Crippen molar-refractivity contribution in [1.82, 2.24) is 10.2 Å². The lowest BCUT2D eigenvalue weighted by atomic mass is 9.95. The fourth-order valence-electron chi connectivity index (χ4n) is 5.54. The van der Waals surface area contributed by atoms with Crippen LogP contribution >= 0.6 is 23.2 Å². The Bertz CT molecular complexity index is 1560. The highest BCUT2D eigenvalue weighted by Crippen LogP contribution is 2.28. The highest BCUT2D eigenvalue weighted by molar-refractivity contribution is 7.92. The van der Waals surface area contributed by atoms with Crippen molar-refractivity contribution in [3.8, 4) is 5.75 Å². The molecule has 0 heterocycles. The molecular formula is C34H41Cl2N3O5S. The minimum Gasteiger partial charge on any atom is -0.494 e. The molecule has 1 saturated carbocycles. The SMILES string of the molecule is CCOc1ccc(N(CC(=O)N(Cc2ccc(Cl)cc2Cl)C(CC)C(=O)NC2CCCCC2)S(=O)(=O)c2ccc(C)cc2)cc1. The molecule has 0 spiro atoms. The van der Waals surface area contributed by atoms with Gasteiger partial charge in [-0.3, -0.25) is 13.9 Å². The van der Waals surface area contributed by atoms with Gasteiger partial charge in [0.1, 0.15) is 18.3 Å². The number of hydrogen-bond acceptors (Lipinski definition) is 5. The van der Waals surface area contributed by atoms with Crippen LogP contribution in [0.4, 0.5) is 5.69 Å². The van der Waals surface area contributed by atoms with Crippen LogP contribution in [0.1, 0.15) is 63.5 Å². The summed E-state index contributed by atoms with van der Waals surface area (Å²) in [5, 5.41) is 3.93. The van der Waals surface area contributed by atoms with Gasteiger partial charge in [0.05, 0.1) is 17.2 Å². The Balaban J connectivity index is 1.73. The number of halogens is 2. The molecule has 11 heteroatoms. The standard InChI is InChI=1S/C34H41Cl2N3O5S/c1-4-32(34(41)37-27-9-7-6-8-10-27)38(22-25-13-14-26(35)21-31(25)36)33(40)23-39(28-15-17-29(18-16-28)44-5-2)45(42,43)30-19-11-24(3)12-20-30/h11-21,27,32H,4-10,22-23H2,1-3H3,(H,37,41). The minimum atomic E-state index is -4.19. The Labute approximate surface area is 276 Å². The summed E-state index contributed by atoms with van der Waals surface area (Å²) in [6.45, 7) is 5.47. The number of hydrogen-bond donors (Lipinski definition) is 1. The highest BCUT2D eigenvalue weighted by Gasteiger charge is 2.34. The molecule has 1 atom stereocenters. The van der Waals surface area contributed by atoms with Crippen molar-refractivity contribution in [3.63, 3.8) is 0 Å². The Kier molecular flexibility index (Phi) is 12.2. The van der Waals surface area contributed by atoms with Gasteiger partial charge in [0.2, 0.25) is 11.8 Å². The van der Waals surface area contributed by atoms with E-state index in [9.17, 15) is 18.0 Å². The third kappa shape index (κ3) is 8.93. The second-order valence-electron chi connectivity index (χ2n) is 11.3. The predicted molar refractivity (Wildman–Crippen MR) is 179 cm³/mol. The number of aryl methyl sites for hydroxylation is 1. The van der Waals surface area contributed by atoms with Gasteiger partial charge in [-0.2, -0.15) is 0 Å². The molecule has 1 N–H and O–H groups in total. The lowest BCUT2D eigenvalue weighted by Crippen LogP contribution is -2.54. The molecule has 1 unspecified atom stereocenters. The van der Waals surface area contributed by atoms with Crippen LogP contribution in [-0.2, 0) is 26.2 Å². The molecule has 1 aliphatic carbocycles. The maximum Gasteiger partial charge on any atom is 0.264 e. The Morgan fingerprint density at radius 2 is 1.62 bits per heavy atom. The van der Waals surface area contributed by atoms with Gasteiger partial charge in [-0.1, -0.05) is 73.2 Å². The Morgan fingerprint density at radius 3 is 2.22 bits per heavy atom. The second-order valence-corrected chi connectivity index (χ2v) is 14.0. The summed E-state index contributed by atoms with van der Waals surface area (Å²) >= 11 is 12.7. The van der Waals surface area contributed by atoms with Crippen molar-refractivity contribution in [2.75, 3.05) is 17.5 Å². The number of carbonyl (C=O) groups is 2. The molecule has 45 heavy (non-hydrogen) atoms. The van der Waals surface area contributed by atoms with E-state index in [1.807, 2.05) is 20.8 Å². The van der Waals surface area contributed by atoms with Gasteiger partial charge in [-0.15, -0.1) is 0 Å². The topological polar surface area (TPSA) is 96.0 Å². The second kappa shape index (κ2) is 15.8. The predicted octanol–water partition coefficient (Wildman–Crippen LogP) is 7.15. The number of amides is 2. The molecule has 242 valence electrons. The quantitative estimate of drug-likeness (QED) is 0.208. The van der Waals surface area contributed by atoms with Gasteiger partial charge in [0, 0.05) is 22.6 Å². The lowest BCUT2D eigenvalue weighted by Gasteiger charge is -2.34. The first-order valence-electron chi connectivity index (χ1n) is 15.4. The van der Waals surface area contributed by atoms with Crippen LogP contribution in [0.25, 0.3) is 0 Å². The molecule has 1 aliphatic rings. The molecule has 8 nitrogen and oxygen atoms in total. The molecule has 3 aromatic carbocycles. The first-order chi connectivity index (χ1) is 21.5. The molecule has 0 saturated heterocycles. The van der Waals surface area contributed by atoms with Crippen LogP contribution < -0.4 is 14.4 Å². The van der Waals surface area contributed by atoms with Crippen LogP contribution in [-0.4, -0.2) is 50.4 Å². The molecule has 3 aromatic rings. The number of nitrogens with zero attached hydrogens (tertiary/aromatic N) is 2. The zero-order chi connectivity index (χ0) is 32.6. The number of sulfonamides is 1. The average Bonchev–Trinajstić information content (AvgIpc) is 3.02. The molecule has 0 radical (unpaired) electrons. The van der Waals surface area contributed by atoms with E-state index >= 15 is 0 Å². The summed E-state index contributed by atoms with van der Waals surface area (Å²) < 4.78 is 34.9. The average molecular weight is 675 g/mol. The first kappa shape index (κ1) is 34.6. The molecule has 1 fully saturated rings. The smallest absolute Gasteiger partial charge is 0.264 e. The molecule has 0 aromatic heterocycles. The van der Waals surface area contributed by atoms with E-state index in [-0.39, 0.29) is 29.1 Å². The lowest BCUT2D eigenvalue weighted by molar-refractivity contribution is -0.140. The molecule has 0 bridgehead atoms. The zero-order valence-corrected chi connectivity index (χ0v) is 28.3. The zero-order valence-electron chi connectivity index (χ0n) is 26.0. The van der Waals surface area contributed by atoms with Crippen molar-refractivity contribution in [3.05, 3.63) is 87.9 Å². The summed E-state index contributed by atoms with van der Waals surface area (Å²) in [5.41, 5.74) is 1.78. The van der Waals surface area contributed by atoms with Crippen LogP contribution in [0.5, 0.6) is 5.75 Å². The number of anilines is 1. The van der Waals surface area contributed by atoms with Crippen LogP contribution in [0.2, 0.25) is 10.0 Å². The van der Waals surface area contributed by atoms with E-state index in [1.165, 1.54) is 17.0 Å². The largest absolute Gasteiger partial charge is 0.494 e. The van der Waals surface area contributed by atoms with Gasteiger partial charge in [-0.05, 0) is 87.2 Å². The van der Waals surface area contributed by atoms with Gasteiger partial charge in [0.25, 0.3) is 10.0 Å². The number of benzene rings is 3. The van der Waals surface area contributed by atoms with Gasteiger partial charge in [0.15, 0.2) is 0 Å². The van der Waals surface area contributed by atoms with Crippen LogP contribution in [0.3, 0.4) is 0 Å². The van der Waals surface area contributed by atoms with E-state index in [4.69, 9.17) is 27.9 Å². The monoisotopic (exact) mass is 673 g/mol. The summed E-state index contributed by atoms with van der Waals surface area (Å²) in [6, 6.07) is 17.2. The van der Waals surface area contributed by atoms with E-state index in [0.29, 0.717) is 34.4 Å². The van der Waals surface area contributed by atoms with E-state index in [1.54, 1.807) is 54.6 Å². The molecule has 4 rings (SSSR count). The van der Waals surface area contributed by atoms with E-state index in [2.05, 4.69) is 5.32 Å². The fourth-order valence-corrected chi connectivity index (χ4v) is 7.42. The third-order valence-electron chi connectivity index (χ3n) is 8.02. The van der Waals surface area contributed by atoms with Crippen molar-refractivity contribution in [1.29, 1.82) is 0 Å². The third-order valence-corrected chi connectivity index (χ3v) is 10.4. The maximum atomic E-state index is 14.4. The maximum absolute atomic E-state index is 14.4. The minimum absolute atomic E-state index is 0.00682. The Morgan fingerprint density at radius 1 is 0.956 bits per heavy atom. The van der Waals surface area contributed by atoms with Crippen molar-refractivity contribution in [2.24, 2.45) is 0 Å². The summed E-state index contributed by atoms with van der Waals surface area (Å²) in [6.07, 6.45) is 5.32. The van der Waals surface area contributed by atoms with E-state index in [0.717, 1.165) is 42.0 Å². The van der Waals surface area contributed by atoms with Gasteiger partial charge in [-0.25, -0.2) is 8.42 Å². The molecule has 0 aliphatic heterocycles. The number of rotatable bonds is 13. The van der Waals surface area contributed by atoms with Crippen LogP contribution in [0, 0.1) is 6.92 Å². The number of nitrogens with one attached hydrogen (secondary N) is 1. The summed E-state index contributed by atoms with van der Waals surface area (Å²) in [4.78, 5) is 29.5. The fraction of sp³-hybridized carbons (Fsp3) is 0.412. The van der Waals surface area contributed by atoms with Gasteiger partial charge >= 0.3 is 0 Å². The highest BCUT2D eigenvalue weighted by atomic mass is 35.5. The number of ether oxygens (including phenoxy) is 1. The van der Waals surface area contributed by atoms with Gasteiger partial charge < -0.3 is 15.0 Å². The molecular weight excluding hydrogens is 633 g/mol. The normalized spacial score (nSPS) is 14.4. The number of carbonyl (C=O) groups excluding carboxylic acids is 2. The summed E-state index contributed by atoms with van der Waals surface area (Å²) in [7, 11) is -4.19. The van der Waals surface area contributed by atoms with Crippen LogP contribution in [0.15, 0.2) is 71.6 Å². The molecule has 2 amide bonds.